The van der Waals surface area contributed by atoms with Crippen LogP contribution in [0.4, 0.5) is 13.2 Å². The number of halogens is 3. The molecule has 1 aliphatic heterocycles. The quantitative estimate of drug-likeness (QED) is 0.873. The van der Waals surface area contributed by atoms with Crippen LogP contribution in [0.2, 0.25) is 0 Å². The maximum absolute atomic E-state index is 12.7. The summed E-state index contributed by atoms with van der Waals surface area (Å²) in [4.78, 5) is 13.8. The SMILES string of the molecule is O=c1cc(C(F)(F)F)cc(-c2ccc3c(c2)CCO3)[nH]1. The Morgan fingerprint density at radius 2 is 1.95 bits per heavy atom. The topological polar surface area (TPSA) is 42.1 Å². The number of fused-ring (bicyclic) bond motifs is 1. The molecule has 0 spiro atoms. The first kappa shape index (κ1) is 12.8. The van der Waals surface area contributed by atoms with Gasteiger partial charge in [-0.25, -0.2) is 0 Å². The van der Waals surface area contributed by atoms with Gasteiger partial charge in [0.2, 0.25) is 5.56 Å². The van der Waals surface area contributed by atoms with Crippen molar-refractivity contribution >= 4 is 0 Å². The van der Waals surface area contributed by atoms with Crippen molar-refractivity contribution < 1.29 is 17.9 Å². The predicted octanol–water partition coefficient (Wildman–Crippen LogP) is 3.00. The molecular formula is C14H10F3NO2. The smallest absolute Gasteiger partial charge is 0.416 e. The van der Waals surface area contributed by atoms with Crippen molar-refractivity contribution in [1.29, 1.82) is 0 Å². The molecule has 1 aromatic heterocycles. The fraction of sp³-hybridized carbons (Fsp3) is 0.214. The molecule has 0 amide bonds. The Hall–Kier alpha value is -2.24. The van der Waals surface area contributed by atoms with Gasteiger partial charge in [-0.15, -0.1) is 0 Å². The monoisotopic (exact) mass is 281 g/mol. The lowest BCUT2D eigenvalue weighted by Crippen LogP contribution is -2.13. The predicted molar refractivity (Wildman–Crippen MR) is 66.7 cm³/mol. The zero-order chi connectivity index (χ0) is 14.3. The number of pyridine rings is 1. The Balaban J connectivity index is 2.10. The number of aromatic nitrogens is 1. The zero-order valence-electron chi connectivity index (χ0n) is 10.3. The third-order valence-electron chi connectivity index (χ3n) is 3.17. The molecule has 2 heterocycles. The molecule has 6 heteroatoms. The average molecular weight is 281 g/mol. The minimum absolute atomic E-state index is 0.152. The van der Waals surface area contributed by atoms with Crippen molar-refractivity contribution in [2.75, 3.05) is 6.61 Å². The van der Waals surface area contributed by atoms with Crippen molar-refractivity contribution in [3.63, 3.8) is 0 Å². The summed E-state index contributed by atoms with van der Waals surface area (Å²) in [5.74, 6) is 0.739. The van der Waals surface area contributed by atoms with Crippen molar-refractivity contribution in [2.24, 2.45) is 0 Å². The molecule has 3 rings (SSSR count). The number of H-pyrrole nitrogens is 1. The fourth-order valence-electron chi connectivity index (χ4n) is 2.22. The lowest BCUT2D eigenvalue weighted by atomic mass is 10.0. The molecule has 0 unspecified atom stereocenters. The van der Waals surface area contributed by atoms with E-state index in [0.29, 0.717) is 24.7 Å². The molecule has 0 bridgehead atoms. The minimum Gasteiger partial charge on any atom is -0.493 e. The number of aromatic amines is 1. The van der Waals surface area contributed by atoms with Gasteiger partial charge in [0.1, 0.15) is 5.75 Å². The maximum Gasteiger partial charge on any atom is 0.416 e. The lowest BCUT2D eigenvalue weighted by molar-refractivity contribution is -0.137. The second-order valence-electron chi connectivity index (χ2n) is 4.57. The fourth-order valence-corrected chi connectivity index (χ4v) is 2.22. The van der Waals surface area contributed by atoms with Crippen molar-refractivity contribution in [3.8, 4) is 17.0 Å². The van der Waals surface area contributed by atoms with E-state index < -0.39 is 17.3 Å². The number of hydrogen-bond acceptors (Lipinski definition) is 2. The van der Waals surface area contributed by atoms with Crippen molar-refractivity contribution in [2.45, 2.75) is 12.6 Å². The first-order valence-electron chi connectivity index (χ1n) is 6.01. The summed E-state index contributed by atoms with van der Waals surface area (Å²) >= 11 is 0. The van der Waals surface area contributed by atoms with Crippen LogP contribution in [0.1, 0.15) is 11.1 Å². The first-order valence-corrected chi connectivity index (χ1v) is 6.01. The number of benzene rings is 1. The first-order chi connectivity index (χ1) is 9.43. The van der Waals surface area contributed by atoms with E-state index in [9.17, 15) is 18.0 Å². The van der Waals surface area contributed by atoms with E-state index in [-0.39, 0.29) is 5.69 Å². The van der Waals surface area contributed by atoms with E-state index in [2.05, 4.69) is 4.98 Å². The Morgan fingerprint density at radius 3 is 2.70 bits per heavy atom. The van der Waals surface area contributed by atoms with Crippen LogP contribution in [0.5, 0.6) is 5.75 Å². The van der Waals surface area contributed by atoms with Gasteiger partial charge in [-0.05, 0) is 35.4 Å². The highest BCUT2D eigenvalue weighted by Crippen LogP contribution is 2.32. The summed E-state index contributed by atoms with van der Waals surface area (Å²) in [5.41, 5.74) is -0.0997. The normalized spacial score (nSPS) is 13.9. The van der Waals surface area contributed by atoms with Crippen LogP contribution in [0.3, 0.4) is 0 Å². The van der Waals surface area contributed by atoms with Gasteiger partial charge in [-0.3, -0.25) is 4.79 Å². The molecule has 1 aliphatic rings. The highest BCUT2D eigenvalue weighted by molar-refractivity contribution is 5.63. The number of hydrogen-bond donors (Lipinski definition) is 1. The molecule has 1 aromatic carbocycles. The van der Waals surface area contributed by atoms with Crippen LogP contribution in [-0.2, 0) is 12.6 Å². The summed E-state index contributed by atoms with van der Waals surface area (Å²) in [6.45, 7) is 0.567. The number of alkyl halides is 3. The molecule has 104 valence electrons. The number of nitrogens with one attached hydrogen (secondary N) is 1. The summed E-state index contributed by atoms with van der Waals surface area (Å²) in [6, 6.07) is 6.58. The Labute approximate surface area is 112 Å². The molecule has 0 radical (unpaired) electrons. The summed E-state index contributed by atoms with van der Waals surface area (Å²) < 4.78 is 43.5. The van der Waals surface area contributed by atoms with E-state index in [1.54, 1.807) is 18.2 Å². The Kier molecular flexibility index (Phi) is 2.81. The van der Waals surface area contributed by atoms with Crippen LogP contribution in [0.15, 0.2) is 35.1 Å². The van der Waals surface area contributed by atoms with E-state index in [1.807, 2.05) is 0 Å². The highest BCUT2D eigenvalue weighted by Gasteiger charge is 2.31. The molecule has 20 heavy (non-hydrogen) atoms. The third kappa shape index (κ3) is 2.29. The standard InChI is InChI=1S/C14H10F3NO2/c15-14(16,17)10-6-11(18-13(19)7-10)8-1-2-12-9(5-8)3-4-20-12/h1-2,5-7H,3-4H2,(H,18,19). The van der Waals surface area contributed by atoms with Gasteiger partial charge in [-0.2, -0.15) is 13.2 Å². The maximum atomic E-state index is 12.7. The van der Waals surface area contributed by atoms with E-state index >= 15 is 0 Å². The van der Waals surface area contributed by atoms with Crippen LogP contribution in [-0.4, -0.2) is 11.6 Å². The minimum atomic E-state index is -4.54. The van der Waals surface area contributed by atoms with Gasteiger partial charge in [0.05, 0.1) is 12.2 Å². The molecule has 0 saturated heterocycles. The summed E-state index contributed by atoms with van der Waals surface area (Å²) in [6.07, 6.45) is -3.82. The largest absolute Gasteiger partial charge is 0.493 e. The molecule has 3 nitrogen and oxygen atoms in total. The Bertz CT molecular complexity index is 719. The molecule has 0 fully saturated rings. The Morgan fingerprint density at radius 1 is 1.15 bits per heavy atom. The van der Waals surface area contributed by atoms with Crippen LogP contribution < -0.4 is 10.3 Å². The number of rotatable bonds is 1. The summed E-state index contributed by atoms with van der Waals surface area (Å²) in [7, 11) is 0. The van der Waals surface area contributed by atoms with E-state index in [1.165, 1.54) is 0 Å². The van der Waals surface area contributed by atoms with Gasteiger partial charge in [-0.1, -0.05) is 0 Å². The second kappa shape index (κ2) is 4.40. The highest BCUT2D eigenvalue weighted by atomic mass is 19.4. The molecular weight excluding hydrogens is 271 g/mol. The average Bonchev–Trinajstić information content (AvgIpc) is 2.84. The van der Waals surface area contributed by atoms with E-state index in [4.69, 9.17) is 4.74 Å². The van der Waals surface area contributed by atoms with Gasteiger partial charge < -0.3 is 9.72 Å². The molecule has 0 saturated carbocycles. The van der Waals surface area contributed by atoms with Gasteiger partial charge >= 0.3 is 6.18 Å². The summed E-state index contributed by atoms with van der Waals surface area (Å²) in [5, 5.41) is 0. The van der Waals surface area contributed by atoms with Gasteiger partial charge in [0.15, 0.2) is 0 Å². The molecule has 0 atom stereocenters. The van der Waals surface area contributed by atoms with Crippen LogP contribution >= 0.6 is 0 Å². The van der Waals surface area contributed by atoms with E-state index in [0.717, 1.165) is 17.4 Å². The molecule has 0 aliphatic carbocycles. The van der Waals surface area contributed by atoms with Crippen molar-refractivity contribution in [3.05, 3.63) is 51.8 Å². The number of ether oxygens (including phenoxy) is 1. The lowest BCUT2D eigenvalue weighted by Gasteiger charge is -2.09. The molecule has 1 N–H and O–H groups in total. The van der Waals surface area contributed by atoms with Gasteiger partial charge in [0, 0.05) is 18.2 Å². The van der Waals surface area contributed by atoms with Crippen LogP contribution in [0, 0.1) is 0 Å². The molecule has 2 aromatic rings. The van der Waals surface area contributed by atoms with Gasteiger partial charge in [0.25, 0.3) is 0 Å². The van der Waals surface area contributed by atoms with Crippen LogP contribution in [0.25, 0.3) is 11.3 Å². The second-order valence-corrected chi connectivity index (χ2v) is 4.57. The zero-order valence-corrected chi connectivity index (χ0v) is 10.3. The van der Waals surface area contributed by atoms with Crippen molar-refractivity contribution in [1.82, 2.24) is 4.98 Å². The third-order valence-corrected chi connectivity index (χ3v) is 3.17.